The fourth-order valence-electron chi connectivity index (χ4n) is 2.76. The quantitative estimate of drug-likeness (QED) is 0.497. The molecule has 0 saturated heterocycles. The maximum atomic E-state index is 12.4. The van der Waals surface area contributed by atoms with Crippen LogP contribution in [0.25, 0.3) is 11.0 Å². The molecule has 7 nitrogen and oxygen atoms in total. The average molecular weight is 381 g/mol. The Morgan fingerprint density at radius 1 is 1.07 bits per heavy atom. The normalized spacial score (nSPS) is 10.6. The molecule has 0 saturated carbocycles. The van der Waals surface area contributed by atoms with Gasteiger partial charge in [0.25, 0.3) is 5.91 Å². The van der Waals surface area contributed by atoms with Gasteiger partial charge in [-0.05, 0) is 25.1 Å². The van der Waals surface area contributed by atoms with Gasteiger partial charge in [0, 0.05) is 29.3 Å². The summed E-state index contributed by atoms with van der Waals surface area (Å²) in [5, 5.41) is 3.34. The van der Waals surface area contributed by atoms with Crippen molar-refractivity contribution in [3.8, 4) is 0 Å². The van der Waals surface area contributed by atoms with E-state index in [1.54, 1.807) is 36.4 Å². The number of rotatable bonds is 7. The third-order valence-electron chi connectivity index (χ3n) is 4.06. The predicted molar refractivity (Wildman–Crippen MR) is 102 cm³/mol. The van der Waals surface area contributed by atoms with E-state index >= 15 is 0 Å². The summed E-state index contributed by atoms with van der Waals surface area (Å²) in [6, 6.07) is 13.7. The maximum Gasteiger partial charge on any atom is 0.375 e. The highest BCUT2D eigenvalue weighted by Crippen LogP contribution is 2.27. The van der Waals surface area contributed by atoms with Gasteiger partial charge >= 0.3 is 5.97 Å². The largest absolute Gasteiger partial charge is 0.450 e. The molecule has 28 heavy (non-hydrogen) atoms. The third kappa shape index (κ3) is 4.27. The number of benzene rings is 2. The van der Waals surface area contributed by atoms with Gasteiger partial charge in [-0.1, -0.05) is 30.3 Å². The minimum Gasteiger partial charge on any atom is -0.450 e. The van der Waals surface area contributed by atoms with Gasteiger partial charge in [0.1, 0.15) is 5.58 Å². The van der Waals surface area contributed by atoms with Crippen LogP contribution >= 0.6 is 0 Å². The first-order chi connectivity index (χ1) is 13.5. The molecule has 0 bridgehead atoms. The lowest BCUT2D eigenvalue weighted by molar-refractivity contribution is -0.119. The molecule has 0 unspecified atom stereocenters. The zero-order valence-electron chi connectivity index (χ0n) is 15.5. The van der Waals surface area contributed by atoms with Gasteiger partial charge < -0.3 is 19.2 Å². The van der Waals surface area contributed by atoms with Crippen LogP contribution in [0, 0.1) is 0 Å². The lowest BCUT2D eigenvalue weighted by Crippen LogP contribution is -2.21. The van der Waals surface area contributed by atoms with Crippen LogP contribution < -0.4 is 5.32 Å². The lowest BCUT2D eigenvalue weighted by atomic mass is 10.1. The zero-order chi connectivity index (χ0) is 20.1. The van der Waals surface area contributed by atoms with Crippen molar-refractivity contribution in [2.45, 2.75) is 13.5 Å². The number of fused-ring (bicyclic) bond motifs is 1. The first-order valence-corrected chi connectivity index (χ1v) is 8.57. The number of ether oxygens (including phenoxy) is 2. The molecule has 1 amide bonds. The van der Waals surface area contributed by atoms with Crippen molar-refractivity contribution in [3.63, 3.8) is 0 Å². The summed E-state index contributed by atoms with van der Waals surface area (Å²) in [4.78, 5) is 35.9. The Hall–Kier alpha value is -3.45. The number of anilines is 1. The second-order valence-electron chi connectivity index (χ2n) is 6.10. The molecule has 0 fully saturated rings. The van der Waals surface area contributed by atoms with Crippen LogP contribution in [0.4, 0.5) is 5.69 Å². The Balaban J connectivity index is 1.68. The van der Waals surface area contributed by atoms with E-state index in [0.29, 0.717) is 22.4 Å². The zero-order valence-corrected chi connectivity index (χ0v) is 15.5. The minimum absolute atomic E-state index is 0.00873. The van der Waals surface area contributed by atoms with Crippen LogP contribution in [-0.4, -0.2) is 31.4 Å². The Labute approximate surface area is 161 Å². The molecule has 2 aromatic carbocycles. The molecule has 0 radical (unpaired) electrons. The van der Waals surface area contributed by atoms with Gasteiger partial charge in [-0.2, -0.15) is 0 Å². The Kier molecular flexibility index (Phi) is 5.86. The number of esters is 1. The monoisotopic (exact) mass is 381 g/mol. The third-order valence-corrected chi connectivity index (χ3v) is 4.06. The van der Waals surface area contributed by atoms with E-state index in [1.807, 2.05) is 12.1 Å². The van der Waals surface area contributed by atoms with Crippen LogP contribution in [-0.2, 0) is 20.9 Å². The topological polar surface area (TPSA) is 94.8 Å². The molecule has 0 aliphatic heterocycles. The van der Waals surface area contributed by atoms with Crippen molar-refractivity contribution in [1.29, 1.82) is 0 Å². The molecule has 0 atom stereocenters. The van der Waals surface area contributed by atoms with Crippen molar-refractivity contribution in [2.24, 2.45) is 0 Å². The molecule has 3 aromatic rings. The van der Waals surface area contributed by atoms with Crippen LogP contribution in [0.1, 0.15) is 33.4 Å². The summed E-state index contributed by atoms with van der Waals surface area (Å²) < 4.78 is 15.8. The number of methoxy groups -OCH3 is 1. The van der Waals surface area contributed by atoms with Crippen LogP contribution in [0.15, 0.2) is 52.9 Å². The predicted octanol–water partition coefficient (Wildman–Crippen LogP) is 3.58. The summed E-state index contributed by atoms with van der Waals surface area (Å²) in [6.45, 7) is 1.12. The molecule has 144 valence electrons. The Morgan fingerprint density at radius 3 is 2.61 bits per heavy atom. The minimum atomic E-state index is -0.754. The summed E-state index contributed by atoms with van der Waals surface area (Å²) >= 11 is 0. The number of ketones is 1. The fourth-order valence-corrected chi connectivity index (χ4v) is 2.76. The summed E-state index contributed by atoms with van der Waals surface area (Å²) in [6.07, 6.45) is 0. The average Bonchev–Trinajstić information content (AvgIpc) is 3.05. The van der Waals surface area contributed by atoms with E-state index in [-0.39, 0.29) is 18.2 Å². The van der Waals surface area contributed by atoms with E-state index in [0.717, 1.165) is 5.39 Å². The van der Waals surface area contributed by atoms with Crippen molar-refractivity contribution in [3.05, 3.63) is 65.4 Å². The van der Waals surface area contributed by atoms with Crippen molar-refractivity contribution in [2.75, 3.05) is 19.0 Å². The molecular formula is C21H19NO6. The standard InChI is InChI=1S/C21H19NO6/c1-13(23)14-6-5-7-15(10-14)22-19(24)12-27-21(25)20-17(11-26-2)16-8-3-4-9-18(16)28-20/h3-10H,11-12H2,1-2H3,(H,22,24). The first-order valence-electron chi connectivity index (χ1n) is 8.57. The summed E-state index contributed by atoms with van der Waals surface area (Å²) in [5.74, 6) is -1.39. The first kappa shape index (κ1) is 19.3. The van der Waals surface area contributed by atoms with Gasteiger partial charge in [-0.25, -0.2) is 4.79 Å². The smallest absolute Gasteiger partial charge is 0.375 e. The Bertz CT molecular complexity index is 1040. The highest BCUT2D eigenvalue weighted by molar-refractivity contribution is 5.99. The van der Waals surface area contributed by atoms with Gasteiger partial charge in [0.2, 0.25) is 5.76 Å². The number of hydrogen-bond acceptors (Lipinski definition) is 6. The fraction of sp³-hybridized carbons (Fsp3) is 0.190. The Morgan fingerprint density at radius 2 is 1.86 bits per heavy atom. The van der Waals surface area contributed by atoms with Gasteiger partial charge in [-0.15, -0.1) is 0 Å². The number of carbonyl (C=O) groups excluding carboxylic acids is 3. The van der Waals surface area contributed by atoms with E-state index in [2.05, 4.69) is 5.32 Å². The number of furan rings is 1. The number of para-hydroxylation sites is 1. The molecule has 1 heterocycles. The summed E-state index contributed by atoms with van der Waals surface area (Å²) in [7, 11) is 1.51. The van der Waals surface area contributed by atoms with E-state index in [4.69, 9.17) is 13.9 Å². The second-order valence-corrected chi connectivity index (χ2v) is 6.10. The van der Waals surface area contributed by atoms with E-state index in [9.17, 15) is 14.4 Å². The maximum absolute atomic E-state index is 12.4. The number of carbonyl (C=O) groups is 3. The number of amides is 1. The van der Waals surface area contributed by atoms with Gasteiger partial charge in [0.15, 0.2) is 12.4 Å². The molecule has 7 heteroatoms. The second kappa shape index (κ2) is 8.49. The van der Waals surface area contributed by atoms with Crippen LogP contribution in [0.3, 0.4) is 0 Å². The molecular weight excluding hydrogens is 362 g/mol. The highest BCUT2D eigenvalue weighted by atomic mass is 16.5. The van der Waals surface area contributed by atoms with E-state index in [1.165, 1.54) is 14.0 Å². The van der Waals surface area contributed by atoms with Gasteiger partial charge in [-0.3, -0.25) is 9.59 Å². The molecule has 3 rings (SSSR count). The SMILES string of the molecule is COCc1c(C(=O)OCC(=O)Nc2cccc(C(C)=O)c2)oc2ccccc12. The van der Waals surface area contributed by atoms with Crippen molar-refractivity contribution in [1.82, 2.24) is 0 Å². The van der Waals surface area contributed by atoms with Crippen molar-refractivity contribution >= 4 is 34.3 Å². The molecule has 0 spiro atoms. The van der Waals surface area contributed by atoms with Gasteiger partial charge in [0.05, 0.1) is 6.61 Å². The van der Waals surface area contributed by atoms with Crippen LogP contribution in [0.2, 0.25) is 0 Å². The highest BCUT2D eigenvalue weighted by Gasteiger charge is 2.22. The molecule has 0 aliphatic carbocycles. The van der Waals surface area contributed by atoms with E-state index < -0.39 is 18.5 Å². The van der Waals surface area contributed by atoms with Crippen LogP contribution in [0.5, 0.6) is 0 Å². The van der Waals surface area contributed by atoms with Crippen molar-refractivity contribution < 1.29 is 28.3 Å². The molecule has 1 aromatic heterocycles. The lowest BCUT2D eigenvalue weighted by Gasteiger charge is -2.07. The molecule has 1 N–H and O–H groups in total. The number of Topliss-reactive ketones (excluding diaryl/α,β-unsaturated/α-hetero) is 1. The molecule has 0 aliphatic rings. The summed E-state index contributed by atoms with van der Waals surface area (Å²) in [5.41, 5.74) is 2.02. The number of hydrogen-bond donors (Lipinski definition) is 1. The number of nitrogens with one attached hydrogen (secondary N) is 1.